The third-order valence-electron chi connectivity index (χ3n) is 6.47. The topological polar surface area (TPSA) is 58.1 Å². The maximum atomic E-state index is 13.6. The summed E-state index contributed by atoms with van der Waals surface area (Å²) in [5, 5.41) is 3.80. The average Bonchev–Trinajstić information content (AvgIpc) is 2.86. The summed E-state index contributed by atoms with van der Waals surface area (Å²) in [6, 6.07) is 14.3. The number of benzene rings is 2. The average molecular weight is 493 g/mol. The van der Waals surface area contributed by atoms with Crippen molar-refractivity contribution in [3.05, 3.63) is 59.2 Å². The van der Waals surface area contributed by atoms with Gasteiger partial charge in [-0.25, -0.2) is 9.97 Å². The molecule has 1 aliphatic rings. The van der Waals surface area contributed by atoms with Crippen LogP contribution < -0.4 is 10.2 Å². The van der Waals surface area contributed by atoms with Gasteiger partial charge in [0.15, 0.2) is 5.82 Å². The summed E-state index contributed by atoms with van der Waals surface area (Å²) < 4.78 is 0. The normalized spacial score (nSPS) is 14.3. The molecular formula is C27H32N4OS2. The Morgan fingerprint density at radius 2 is 1.68 bits per heavy atom. The highest BCUT2D eigenvalue weighted by molar-refractivity contribution is 7.98. The van der Waals surface area contributed by atoms with Gasteiger partial charge in [0.2, 0.25) is 0 Å². The molecule has 1 saturated heterocycles. The highest BCUT2D eigenvalue weighted by Crippen LogP contribution is 2.33. The standard InChI is InChI=1S/C27H32N4OS2/c1-17-12-14-31(15-13-17)25-23(26(32)28-21-9-6-18(2)19(3)16-21)27(34-5)30-24(29-25)20-7-10-22(33-4)11-8-20/h6-11,16-17H,12-15H2,1-5H3,(H,28,32). The van der Waals surface area contributed by atoms with Gasteiger partial charge in [0.05, 0.1) is 0 Å². The van der Waals surface area contributed by atoms with Crippen LogP contribution in [0.2, 0.25) is 0 Å². The zero-order chi connectivity index (χ0) is 24.2. The van der Waals surface area contributed by atoms with Crippen molar-refractivity contribution < 1.29 is 4.79 Å². The number of amides is 1. The molecule has 1 fully saturated rings. The lowest BCUT2D eigenvalue weighted by Gasteiger charge is -2.32. The van der Waals surface area contributed by atoms with Gasteiger partial charge in [-0.15, -0.1) is 23.5 Å². The van der Waals surface area contributed by atoms with E-state index in [1.807, 2.05) is 24.5 Å². The predicted molar refractivity (Wildman–Crippen MR) is 146 cm³/mol. The largest absolute Gasteiger partial charge is 0.356 e. The first-order valence-corrected chi connectivity index (χ1v) is 14.1. The van der Waals surface area contributed by atoms with Crippen LogP contribution in [0.3, 0.4) is 0 Å². The zero-order valence-corrected chi connectivity index (χ0v) is 22.1. The van der Waals surface area contributed by atoms with Gasteiger partial charge in [-0.05, 0) is 80.5 Å². The second-order valence-electron chi connectivity index (χ2n) is 8.91. The molecule has 5 nitrogen and oxygen atoms in total. The van der Waals surface area contributed by atoms with Crippen LogP contribution in [0.4, 0.5) is 11.5 Å². The van der Waals surface area contributed by atoms with E-state index in [0.29, 0.717) is 22.3 Å². The fraction of sp³-hybridized carbons (Fsp3) is 0.370. The Morgan fingerprint density at radius 1 is 0.971 bits per heavy atom. The summed E-state index contributed by atoms with van der Waals surface area (Å²) in [6.07, 6.45) is 6.22. The lowest BCUT2D eigenvalue weighted by Crippen LogP contribution is -2.35. The monoisotopic (exact) mass is 492 g/mol. The molecule has 1 aromatic heterocycles. The molecule has 0 bridgehead atoms. The molecule has 0 saturated carbocycles. The van der Waals surface area contributed by atoms with E-state index in [2.05, 4.69) is 61.5 Å². The summed E-state index contributed by atoms with van der Waals surface area (Å²) in [5.74, 6) is 1.92. The number of hydrogen-bond acceptors (Lipinski definition) is 6. The fourth-order valence-electron chi connectivity index (χ4n) is 4.11. The van der Waals surface area contributed by atoms with Gasteiger partial charge >= 0.3 is 0 Å². The van der Waals surface area contributed by atoms with E-state index in [1.165, 1.54) is 22.2 Å². The minimum absolute atomic E-state index is 0.162. The minimum Gasteiger partial charge on any atom is -0.356 e. The highest BCUT2D eigenvalue weighted by atomic mass is 32.2. The van der Waals surface area contributed by atoms with Crippen molar-refractivity contribution in [1.29, 1.82) is 0 Å². The number of nitrogens with zero attached hydrogens (tertiary/aromatic N) is 3. The Hall–Kier alpha value is -2.51. The lowest BCUT2D eigenvalue weighted by atomic mass is 9.99. The number of aryl methyl sites for hydroxylation is 2. The molecule has 2 aromatic carbocycles. The third-order valence-corrected chi connectivity index (χ3v) is 7.90. The number of carbonyl (C=O) groups excluding carboxylic acids is 1. The van der Waals surface area contributed by atoms with Gasteiger partial charge in [0.1, 0.15) is 16.4 Å². The van der Waals surface area contributed by atoms with E-state index >= 15 is 0 Å². The van der Waals surface area contributed by atoms with Crippen LogP contribution in [-0.4, -0.2) is 41.5 Å². The second-order valence-corrected chi connectivity index (χ2v) is 10.6. The van der Waals surface area contributed by atoms with Crippen LogP contribution in [0.5, 0.6) is 0 Å². The maximum absolute atomic E-state index is 13.6. The summed E-state index contributed by atoms with van der Waals surface area (Å²) in [4.78, 5) is 26.9. The number of piperidine rings is 1. The van der Waals surface area contributed by atoms with E-state index in [4.69, 9.17) is 9.97 Å². The summed E-state index contributed by atoms with van der Waals surface area (Å²) in [5.41, 5.74) is 4.65. The summed E-state index contributed by atoms with van der Waals surface area (Å²) >= 11 is 3.20. The first-order chi connectivity index (χ1) is 16.4. The molecule has 34 heavy (non-hydrogen) atoms. The molecule has 0 aliphatic carbocycles. The van der Waals surface area contributed by atoms with E-state index < -0.39 is 0 Å². The zero-order valence-electron chi connectivity index (χ0n) is 20.5. The molecule has 0 unspecified atom stereocenters. The first kappa shape index (κ1) is 24.6. The van der Waals surface area contributed by atoms with Crippen molar-refractivity contribution >= 4 is 40.9 Å². The van der Waals surface area contributed by atoms with Crippen molar-refractivity contribution in [2.45, 2.75) is 43.5 Å². The fourth-order valence-corrected chi connectivity index (χ4v) is 5.08. The van der Waals surface area contributed by atoms with Gasteiger partial charge in [-0.1, -0.05) is 25.1 Å². The van der Waals surface area contributed by atoms with Crippen LogP contribution in [0.1, 0.15) is 41.3 Å². The van der Waals surface area contributed by atoms with Crippen LogP contribution in [0, 0.1) is 19.8 Å². The molecule has 3 aromatic rings. The smallest absolute Gasteiger partial charge is 0.262 e. The molecule has 0 spiro atoms. The molecule has 1 aliphatic heterocycles. The minimum atomic E-state index is -0.162. The molecule has 0 radical (unpaired) electrons. The highest BCUT2D eigenvalue weighted by Gasteiger charge is 2.27. The number of rotatable bonds is 6. The van der Waals surface area contributed by atoms with Gasteiger partial charge in [0, 0.05) is 29.2 Å². The van der Waals surface area contributed by atoms with Crippen LogP contribution >= 0.6 is 23.5 Å². The van der Waals surface area contributed by atoms with Crippen molar-refractivity contribution in [3.63, 3.8) is 0 Å². The number of hydrogen-bond donors (Lipinski definition) is 1. The summed E-state index contributed by atoms with van der Waals surface area (Å²) in [7, 11) is 0. The molecule has 1 amide bonds. The first-order valence-electron chi connectivity index (χ1n) is 11.6. The van der Waals surface area contributed by atoms with Gasteiger partial charge in [-0.3, -0.25) is 4.79 Å². The Labute approximate surface area is 211 Å². The van der Waals surface area contributed by atoms with Crippen molar-refractivity contribution in [1.82, 2.24) is 9.97 Å². The van der Waals surface area contributed by atoms with Crippen LogP contribution in [0.15, 0.2) is 52.4 Å². The molecule has 4 rings (SSSR count). The Kier molecular flexibility index (Phi) is 7.84. The maximum Gasteiger partial charge on any atom is 0.262 e. The van der Waals surface area contributed by atoms with Gasteiger partial charge in [-0.2, -0.15) is 0 Å². The number of thioether (sulfide) groups is 2. The van der Waals surface area contributed by atoms with Crippen molar-refractivity contribution in [2.24, 2.45) is 5.92 Å². The van der Waals surface area contributed by atoms with E-state index in [1.54, 1.807) is 11.8 Å². The quantitative estimate of drug-likeness (QED) is 0.305. The SMILES string of the molecule is CSc1ccc(-c2nc(SC)c(C(=O)Nc3ccc(C)c(C)c3)c(N3CCC(C)CC3)n2)cc1. The van der Waals surface area contributed by atoms with Crippen LogP contribution in [0.25, 0.3) is 11.4 Å². The van der Waals surface area contributed by atoms with E-state index in [9.17, 15) is 4.79 Å². The number of aromatic nitrogens is 2. The van der Waals surface area contributed by atoms with Crippen molar-refractivity contribution in [3.8, 4) is 11.4 Å². The van der Waals surface area contributed by atoms with Crippen LogP contribution in [-0.2, 0) is 0 Å². The lowest BCUT2D eigenvalue weighted by molar-refractivity contribution is 0.102. The van der Waals surface area contributed by atoms with Crippen molar-refractivity contribution in [2.75, 3.05) is 35.8 Å². The number of nitrogens with one attached hydrogen (secondary N) is 1. The molecule has 2 heterocycles. The summed E-state index contributed by atoms with van der Waals surface area (Å²) in [6.45, 7) is 8.19. The molecule has 7 heteroatoms. The molecular weight excluding hydrogens is 460 g/mol. The van der Waals surface area contributed by atoms with E-state index in [0.717, 1.165) is 48.6 Å². The number of anilines is 2. The van der Waals surface area contributed by atoms with E-state index in [-0.39, 0.29) is 5.91 Å². The Bertz CT molecular complexity index is 1170. The Morgan fingerprint density at radius 3 is 2.29 bits per heavy atom. The second kappa shape index (κ2) is 10.8. The Balaban J connectivity index is 1.77. The third kappa shape index (κ3) is 5.41. The molecule has 178 valence electrons. The van der Waals surface area contributed by atoms with Gasteiger partial charge < -0.3 is 10.2 Å². The molecule has 1 N–H and O–H groups in total. The number of carbonyl (C=O) groups is 1. The predicted octanol–water partition coefficient (Wildman–Crippen LogP) is 6.69. The molecule has 0 atom stereocenters. The van der Waals surface area contributed by atoms with Gasteiger partial charge in [0.25, 0.3) is 5.91 Å².